The molecule has 0 fully saturated rings. The fourth-order valence-electron chi connectivity index (χ4n) is 1.26. The van der Waals surface area contributed by atoms with Crippen LogP contribution in [0.3, 0.4) is 0 Å². The van der Waals surface area contributed by atoms with E-state index in [0.29, 0.717) is 10.0 Å². The Morgan fingerprint density at radius 2 is 2.12 bits per heavy atom. The molecule has 1 N–H and O–H groups in total. The number of rotatable bonds is 3. The van der Waals surface area contributed by atoms with E-state index in [-0.39, 0.29) is 4.21 Å². The lowest BCUT2D eigenvalue weighted by Gasteiger charge is -2.05. The van der Waals surface area contributed by atoms with E-state index in [1.54, 1.807) is 18.3 Å². The van der Waals surface area contributed by atoms with Crippen molar-refractivity contribution in [1.29, 1.82) is 0 Å². The second-order valence-electron chi connectivity index (χ2n) is 3.42. The molecule has 90 valence electrons. The van der Waals surface area contributed by atoms with E-state index in [0.717, 1.165) is 16.9 Å². The molecule has 2 rings (SSSR count). The Kier molecular flexibility index (Phi) is 3.37. The van der Waals surface area contributed by atoms with Gasteiger partial charge in [-0.1, -0.05) is 11.6 Å². The number of thiophene rings is 1. The summed E-state index contributed by atoms with van der Waals surface area (Å²) in [6.45, 7) is 1.84. The van der Waals surface area contributed by atoms with Crippen LogP contribution in [0.5, 0.6) is 0 Å². The fourth-order valence-corrected chi connectivity index (χ4v) is 3.78. The van der Waals surface area contributed by atoms with Crippen molar-refractivity contribution < 1.29 is 8.42 Å². The summed E-state index contributed by atoms with van der Waals surface area (Å²) in [5, 5.41) is 0. The van der Waals surface area contributed by atoms with Gasteiger partial charge in [0.05, 0.1) is 16.2 Å². The maximum atomic E-state index is 11.9. The standard InChI is InChI=1S/C10H9ClN2O2S2/c1-7-4-8(6-12-5-7)13-17(14,15)10-3-2-9(11)16-10/h2-6,13H,1H3. The quantitative estimate of drug-likeness (QED) is 0.945. The molecule has 2 aromatic rings. The number of hydrogen-bond donors (Lipinski definition) is 1. The van der Waals surface area contributed by atoms with Crippen LogP contribution in [0, 0.1) is 6.92 Å². The predicted molar refractivity (Wildman–Crippen MR) is 69.1 cm³/mol. The fraction of sp³-hybridized carbons (Fsp3) is 0.100. The molecule has 0 aliphatic heterocycles. The van der Waals surface area contributed by atoms with E-state index in [1.807, 2.05) is 6.92 Å². The first-order chi connectivity index (χ1) is 7.97. The monoisotopic (exact) mass is 288 g/mol. The Balaban J connectivity index is 2.29. The smallest absolute Gasteiger partial charge is 0.271 e. The van der Waals surface area contributed by atoms with Crippen LogP contribution in [0.15, 0.2) is 34.8 Å². The van der Waals surface area contributed by atoms with Gasteiger partial charge in [-0.15, -0.1) is 11.3 Å². The lowest BCUT2D eigenvalue weighted by atomic mass is 10.3. The molecular formula is C10H9ClN2O2S2. The van der Waals surface area contributed by atoms with Gasteiger partial charge in [-0.3, -0.25) is 9.71 Å². The minimum atomic E-state index is -3.57. The van der Waals surface area contributed by atoms with Gasteiger partial charge in [0.25, 0.3) is 10.0 Å². The van der Waals surface area contributed by atoms with Crippen LogP contribution in [0.25, 0.3) is 0 Å². The third-order valence-electron chi connectivity index (χ3n) is 1.94. The summed E-state index contributed by atoms with van der Waals surface area (Å²) in [7, 11) is -3.57. The lowest BCUT2D eigenvalue weighted by molar-refractivity contribution is 0.603. The van der Waals surface area contributed by atoms with Gasteiger partial charge in [0.2, 0.25) is 0 Å². The Morgan fingerprint density at radius 3 is 2.71 bits per heavy atom. The highest BCUT2D eigenvalue weighted by atomic mass is 35.5. The van der Waals surface area contributed by atoms with E-state index in [2.05, 4.69) is 9.71 Å². The molecule has 7 heteroatoms. The molecule has 0 bridgehead atoms. The first-order valence-corrected chi connectivity index (χ1v) is 7.35. The third kappa shape index (κ3) is 2.96. The van der Waals surface area contributed by atoms with Crippen LogP contribution in [-0.4, -0.2) is 13.4 Å². The van der Waals surface area contributed by atoms with Crippen LogP contribution >= 0.6 is 22.9 Å². The van der Waals surface area contributed by atoms with E-state index in [4.69, 9.17) is 11.6 Å². The maximum absolute atomic E-state index is 11.9. The topological polar surface area (TPSA) is 59.1 Å². The molecule has 0 saturated heterocycles. The van der Waals surface area contributed by atoms with Gasteiger partial charge < -0.3 is 0 Å². The molecule has 2 heterocycles. The van der Waals surface area contributed by atoms with Gasteiger partial charge in [0.15, 0.2) is 0 Å². The first kappa shape index (κ1) is 12.3. The molecule has 0 amide bonds. The molecule has 0 aliphatic rings. The minimum Gasteiger partial charge on any atom is -0.277 e. The number of pyridine rings is 1. The molecule has 0 spiro atoms. The molecule has 0 unspecified atom stereocenters. The van der Waals surface area contributed by atoms with E-state index >= 15 is 0 Å². The zero-order valence-electron chi connectivity index (χ0n) is 8.84. The summed E-state index contributed by atoms with van der Waals surface area (Å²) in [6, 6.07) is 4.73. The number of hydrogen-bond acceptors (Lipinski definition) is 4. The van der Waals surface area contributed by atoms with Gasteiger partial charge in [0.1, 0.15) is 4.21 Å². The molecular weight excluding hydrogens is 280 g/mol. The summed E-state index contributed by atoms with van der Waals surface area (Å²) in [4.78, 5) is 3.92. The highest BCUT2D eigenvalue weighted by molar-refractivity contribution is 7.94. The number of nitrogens with zero attached hydrogens (tertiary/aromatic N) is 1. The van der Waals surface area contributed by atoms with Crippen molar-refractivity contribution in [3.8, 4) is 0 Å². The highest BCUT2D eigenvalue weighted by Gasteiger charge is 2.16. The Morgan fingerprint density at radius 1 is 1.35 bits per heavy atom. The highest BCUT2D eigenvalue weighted by Crippen LogP contribution is 2.27. The Hall–Kier alpha value is -1.11. The van der Waals surface area contributed by atoms with Crippen molar-refractivity contribution in [3.63, 3.8) is 0 Å². The molecule has 0 radical (unpaired) electrons. The van der Waals surface area contributed by atoms with Crippen LogP contribution in [0.4, 0.5) is 5.69 Å². The lowest BCUT2D eigenvalue weighted by Crippen LogP contribution is -2.11. The molecule has 17 heavy (non-hydrogen) atoms. The van der Waals surface area contributed by atoms with E-state index < -0.39 is 10.0 Å². The number of halogens is 1. The zero-order chi connectivity index (χ0) is 12.5. The van der Waals surface area contributed by atoms with Crippen LogP contribution in [0.1, 0.15) is 5.56 Å². The van der Waals surface area contributed by atoms with Crippen molar-refractivity contribution in [2.45, 2.75) is 11.1 Å². The van der Waals surface area contributed by atoms with Gasteiger partial charge in [-0.2, -0.15) is 0 Å². The van der Waals surface area contributed by atoms with E-state index in [9.17, 15) is 8.42 Å². The van der Waals surface area contributed by atoms with Crippen molar-refractivity contribution in [1.82, 2.24) is 4.98 Å². The molecule has 4 nitrogen and oxygen atoms in total. The summed E-state index contributed by atoms with van der Waals surface area (Å²) in [6.07, 6.45) is 3.11. The first-order valence-electron chi connectivity index (χ1n) is 4.67. The molecule has 2 aromatic heterocycles. The summed E-state index contributed by atoms with van der Waals surface area (Å²) in [5.41, 5.74) is 1.32. The van der Waals surface area contributed by atoms with Gasteiger partial charge in [-0.25, -0.2) is 8.42 Å². The van der Waals surface area contributed by atoms with Crippen LogP contribution in [-0.2, 0) is 10.0 Å². The number of anilines is 1. The van der Waals surface area contributed by atoms with Gasteiger partial charge in [0, 0.05) is 6.20 Å². The Labute approximate surface area is 108 Å². The normalized spacial score (nSPS) is 11.4. The summed E-state index contributed by atoms with van der Waals surface area (Å²) in [5.74, 6) is 0. The maximum Gasteiger partial charge on any atom is 0.271 e. The summed E-state index contributed by atoms with van der Waals surface area (Å²) < 4.78 is 27.0. The van der Waals surface area contributed by atoms with Crippen molar-refractivity contribution in [2.24, 2.45) is 0 Å². The zero-order valence-corrected chi connectivity index (χ0v) is 11.2. The molecule has 0 aliphatic carbocycles. The van der Waals surface area contributed by atoms with Crippen molar-refractivity contribution in [2.75, 3.05) is 4.72 Å². The van der Waals surface area contributed by atoms with Gasteiger partial charge in [-0.05, 0) is 30.7 Å². The average Bonchev–Trinajstić information content (AvgIpc) is 2.65. The predicted octanol–water partition coefficient (Wildman–Crippen LogP) is 2.91. The van der Waals surface area contributed by atoms with Crippen molar-refractivity contribution in [3.05, 3.63) is 40.5 Å². The minimum absolute atomic E-state index is 0.184. The number of aryl methyl sites for hydroxylation is 1. The third-order valence-corrected chi connectivity index (χ3v) is 5.04. The largest absolute Gasteiger partial charge is 0.277 e. The van der Waals surface area contributed by atoms with Crippen LogP contribution < -0.4 is 4.72 Å². The number of sulfonamides is 1. The van der Waals surface area contributed by atoms with Crippen molar-refractivity contribution >= 4 is 38.6 Å². The van der Waals surface area contributed by atoms with Crippen LogP contribution in [0.2, 0.25) is 4.34 Å². The number of nitrogens with one attached hydrogen (secondary N) is 1. The van der Waals surface area contributed by atoms with E-state index in [1.165, 1.54) is 12.3 Å². The average molecular weight is 289 g/mol. The number of aromatic nitrogens is 1. The second kappa shape index (κ2) is 4.64. The van der Waals surface area contributed by atoms with Gasteiger partial charge >= 0.3 is 0 Å². The Bertz CT molecular complexity index is 637. The molecule has 0 saturated carbocycles. The SMILES string of the molecule is Cc1cncc(NS(=O)(=O)c2ccc(Cl)s2)c1. The molecule has 0 aromatic carbocycles. The second-order valence-corrected chi connectivity index (χ2v) is 7.04. The molecule has 0 atom stereocenters. The summed E-state index contributed by atoms with van der Waals surface area (Å²) >= 11 is 6.72.